The maximum atomic E-state index is 5.50. The summed E-state index contributed by atoms with van der Waals surface area (Å²) in [5.74, 6) is 1.08. The number of hydrogen-bond donors (Lipinski definition) is 0. The van der Waals surface area contributed by atoms with Gasteiger partial charge in [0.15, 0.2) is 0 Å². The first kappa shape index (κ1) is 11.1. The molecule has 2 aliphatic rings. The largest absolute Gasteiger partial charge is 0.496 e. The van der Waals surface area contributed by atoms with Gasteiger partial charge < -0.3 is 9.64 Å². The van der Waals surface area contributed by atoms with Crippen molar-refractivity contribution in [3.63, 3.8) is 0 Å². The highest BCUT2D eigenvalue weighted by atomic mass is 16.5. The lowest BCUT2D eigenvalue weighted by Crippen LogP contribution is -2.38. The Bertz CT molecular complexity index is 397. The lowest BCUT2D eigenvalue weighted by molar-refractivity contribution is 0.211. The van der Waals surface area contributed by atoms with Crippen LogP contribution in [-0.2, 0) is 12.8 Å². The van der Waals surface area contributed by atoms with Gasteiger partial charge in [-0.25, -0.2) is 0 Å². The van der Waals surface area contributed by atoms with E-state index >= 15 is 0 Å². The van der Waals surface area contributed by atoms with E-state index in [0.717, 1.165) is 18.2 Å². The van der Waals surface area contributed by atoms with E-state index in [9.17, 15) is 0 Å². The van der Waals surface area contributed by atoms with Crippen LogP contribution >= 0.6 is 0 Å². The molecule has 0 heterocycles. The van der Waals surface area contributed by atoms with E-state index in [1.54, 1.807) is 7.11 Å². The first-order valence-electron chi connectivity index (χ1n) is 6.66. The van der Waals surface area contributed by atoms with Gasteiger partial charge in [0.2, 0.25) is 0 Å². The molecular weight excluding hydrogens is 210 g/mol. The van der Waals surface area contributed by atoms with Crippen LogP contribution in [0.1, 0.15) is 30.4 Å². The molecule has 17 heavy (non-hydrogen) atoms. The number of likely N-dealkylation sites (N-methyl/N-ethyl adjacent to an activating group) is 1. The zero-order valence-electron chi connectivity index (χ0n) is 10.8. The fourth-order valence-corrected chi connectivity index (χ4v) is 3.06. The van der Waals surface area contributed by atoms with Crippen LogP contribution in [0.4, 0.5) is 0 Å². The number of hydrogen-bond acceptors (Lipinski definition) is 2. The molecule has 2 heteroatoms. The van der Waals surface area contributed by atoms with Crippen molar-refractivity contribution in [1.82, 2.24) is 4.90 Å². The fraction of sp³-hybridized carbons (Fsp3) is 0.600. The van der Waals surface area contributed by atoms with Crippen molar-refractivity contribution in [2.75, 3.05) is 14.2 Å². The quantitative estimate of drug-likeness (QED) is 0.793. The monoisotopic (exact) mass is 231 g/mol. The van der Waals surface area contributed by atoms with E-state index in [-0.39, 0.29) is 0 Å². The second kappa shape index (κ2) is 4.34. The maximum Gasteiger partial charge on any atom is 0.122 e. The van der Waals surface area contributed by atoms with Crippen LogP contribution in [0, 0.1) is 0 Å². The lowest BCUT2D eigenvalue weighted by Gasteiger charge is -2.33. The van der Waals surface area contributed by atoms with Crippen molar-refractivity contribution in [3.8, 4) is 5.75 Å². The van der Waals surface area contributed by atoms with Crippen molar-refractivity contribution in [3.05, 3.63) is 29.3 Å². The van der Waals surface area contributed by atoms with Gasteiger partial charge in [-0.1, -0.05) is 12.1 Å². The molecule has 3 rings (SSSR count). The molecule has 0 spiro atoms. The highest BCUT2D eigenvalue weighted by molar-refractivity contribution is 5.42. The van der Waals surface area contributed by atoms with Crippen LogP contribution in [-0.4, -0.2) is 31.1 Å². The van der Waals surface area contributed by atoms with E-state index in [2.05, 4.69) is 30.1 Å². The summed E-state index contributed by atoms with van der Waals surface area (Å²) in [6, 6.07) is 8.04. The van der Waals surface area contributed by atoms with Gasteiger partial charge in [0.1, 0.15) is 5.75 Å². The minimum Gasteiger partial charge on any atom is -0.496 e. The lowest BCUT2D eigenvalue weighted by atomic mass is 9.87. The third-order valence-electron chi connectivity index (χ3n) is 4.34. The molecule has 0 N–H and O–H groups in total. The predicted molar refractivity (Wildman–Crippen MR) is 69.6 cm³/mol. The molecule has 0 radical (unpaired) electrons. The predicted octanol–water partition coefficient (Wildman–Crippen LogP) is 2.65. The number of benzene rings is 1. The van der Waals surface area contributed by atoms with Gasteiger partial charge in [0, 0.05) is 12.1 Å². The Kier molecular flexibility index (Phi) is 2.83. The normalized spacial score (nSPS) is 23.6. The molecule has 1 saturated carbocycles. The average Bonchev–Trinajstić information content (AvgIpc) is 3.20. The van der Waals surface area contributed by atoms with Crippen LogP contribution in [0.25, 0.3) is 0 Å². The Morgan fingerprint density at radius 3 is 2.71 bits per heavy atom. The van der Waals surface area contributed by atoms with Gasteiger partial charge in [-0.3, -0.25) is 0 Å². The Morgan fingerprint density at radius 2 is 2.00 bits per heavy atom. The van der Waals surface area contributed by atoms with Gasteiger partial charge >= 0.3 is 0 Å². The molecule has 0 saturated heterocycles. The summed E-state index contributed by atoms with van der Waals surface area (Å²) in [5.41, 5.74) is 2.93. The SMILES string of the molecule is COc1cccc2c1C[C@H](N(C)C1CC1)CC2. The van der Waals surface area contributed by atoms with E-state index < -0.39 is 0 Å². The molecular formula is C15H21NO. The zero-order valence-corrected chi connectivity index (χ0v) is 10.8. The molecule has 0 aliphatic heterocycles. The molecule has 2 nitrogen and oxygen atoms in total. The highest BCUT2D eigenvalue weighted by Crippen LogP contribution is 2.35. The summed E-state index contributed by atoms with van der Waals surface area (Å²) >= 11 is 0. The smallest absolute Gasteiger partial charge is 0.122 e. The van der Waals surface area contributed by atoms with E-state index in [4.69, 9.17) is 4.74 Å². The van der Waals surface area contributed by atoms with Crippen molar-refractivity contribution in [2.45, 2.75) is 44.2 Å². The standard InChI is InChI=1S/C15H21NO/c1-16(12-8-9-12)13-7-6-11-4-3-5-15(17-2)14(11)10-13/h3-5,12-13H,6-10H2,1-2H3/t13-/m1/s1. The Morgan fingerprint density at radius 1 is 1.18 bits per heavy atom. The number of nitrogens with zero attached hydrogens (tertiary/aromatic N) is 1. The molecule has 0 bridgehead atoms. The van der Waals surface area contributed by atoms with Crippen LogP contribution in [0.2, 0.25) is 0 Å². The number of aryl methyl sites for hydroxylation is 1. The number of fused-ring (bicyclic) bond motifs is 1. The van der Waals surface area contributed by atoms with Gasteiger partial charge in [0.25, 0.3) is 0 Å². The number of rotatable bonds is 3. The average molecular weight is 231 g/mol. The topological polar surface area (TPSA) is 12.5 Å². The van der Waals surface area contributed by atoms with E-state index in [0.29, 0.717) is 6.04 Å². The summed E-state index contributed by atoms with van der Waals surface area (Å²) in [6.07, 6.45) is 6.45. The van der Waals surface area contributed by atoms with Gasteiger partial charge in [-0.2, -0.15) is 0 Å². The van der Waals surface area contributed by atoms with E-state index in [1.165, 1.54) is 36.8 Å². The molecule has 92 valence electrons. The van der Waals surface area contributed by atoms with Crippen molar-refractivity contribution < 1.29 is 4.74 Å². The summed E-state index contributed by atoms with van der Waals surface area (Å²) in [4.78, 5) is 2.59. The first-order chi connectivity index (χ1) is 8.29. The second-order valence-electron chi connectivity index (χ2n) is 5.39. The Balaban J connectivity index is 1.83. The van der Waals surface area contributed by atoms with Crippen molar-refractivity contribution in [1.29, 1.82) is 0 Å². The third kappa shape index (κ3) is 2.06. The second-order valence-corrected chi connectivity index (χ2v) is 5.39. The van der Waals surface area contributed by atoms with Crippen LogP contribution < -0.4 is 4.74 Å². The van der Waals surface area contributed by atoms with Crippen LogP contribution in [0.3, 0.4) is 0 Å². The molecule has 2 aliphatic carbocycles. The Hall–Kier alpha value is -1.02. The summed E-state index contributed by atoms with van der Waals surface area (Å²) < 4.78 is 5.50. The summed E-state index contributed by atoms with van der Waals surface area (Å²) in [7, 11) is 4.08. The molecule has 1 aromatic rings. The van der Waals surface area contributed by atoms with Gasteiger partial charge in [-0.05, 0) is 56.3 Å². The van der Waals surface area contributed by atoms with Crippen molar-refractivity contribution in [2.24, 2.45) is 0 Å². The fourth-order valence-electron chi connectivity index (χ4n) is 3.06. The minimum atomic E-state index is 0.714. The van der Waals surface area contributed by atoms with Gasteiger partial charge in [-0.15, -0.1) is 0 Å². The molecule has 0 unspecified atom stereocenters. The number of ether oxygens (including phenoxy) is 1. The molecule has 1 fully saturated rings. The summed E-state index contributed by atoms with van der Waals surface area (Å²) in [5, 5.41) is 0. The third-order valence-corrected chi connectivity index (χ3v) is 4.34. The number of methoxy groups -OCH3 is 1. The molecule has 1 atom stereocenters. The zero-order chi connectivity index (χ0) is 11.8. The highest BCUT2D eigenvalue weighted by Gasteiger charge is 2.33. The first-order valence-corrected chi connectivity index (χ1v) is 6.66. The molecule has 1 aromatic carbocycles. The summed E-state index contributed by atoms with van der Waals surface area (Å²) in [6.45, 7) is 0. The van der Waals surface area contributed by atoms with Crippen molar-refractivity contribution >= 4 is 0 Å². The van der Waals surface area contributed by atoms with Crippen LogP contribution in [0.5, 0.6) is 5.75 Å². The molecule has 0 aromatic heterocycles. The Labute approximate surface area is 104 Å². The van der Waals surface area contributed by atoms with E-state index in [1.807, 2.05) is 0 Å². The van der Waals surface area contributed by atoms with Crippen LogP contribution in [0.15, 0.2) is 18.2 Å². The maximum absolute atomic E-state index is 5.50. The minimum absolute atomic E-state index is 0.714. The van der Waals surface area contributed by atoms with Gasteiger partial charge in [0.05, 0.1) is 7.11 Å². The molecule has 0 amide bonds.